The van der Waals surface area contributed by atoms with Crippen LogP contribution in [0, 0.1) is 0 Å². The second kappa shape index (κ2) is 6.74. The molecule has 0 saturated carbocycles. The molecular formula is C14H25N5O. The van der Waals surface area contributed by atoms with Gasteiger partial charge >= 0.3 is 0 Å². The number of rotatable bonds is 6. The molecule has 2 rings (SSSR count). The lowest BCUT2D eigenvalue weighted by Gasteiger charge is -2.21. The van der Waals surface area contributed by atoms with Crippen LogP contribution in [0.25, 0.3) is 0 Å². The van der Waals surface area contributed by atoms with Crippen molar-refractivity contribution in [3.05, 3.63) is 5.69 Å². The van der Waals surface area contributed by atoms with Crippen molar-refractivity contribution in [3.63, 3.8) is 0 Å². The minimum atomic E-state index is 0.333. The number of methoxy groups -OCH3 is 1. The van der Waals surface area contributed by atoms with Crippen molar-refractivity contribution in [2.45, 2.75) is 38.6 Å². The first-order chi connectivity index (χ1) is 9.69. The minimum Gasteiger partial charge on any atom is -0.491 e. The van der Waals surface area contributed by atoms with Crippen LogP contribution in [0.5, 0.6) is 5.75 Å². The Kier molecular flexibility index (Phi) is 5.00. The molecule has 20 heavy (non-hydrogen) atoms. The summed E-state index contributed by atoms with van der Waals surface area (Å²) in [4.78, 5) is 11.0. The maximum atomic E-state index is 5.87. The topological polar surface area (TPSA) is 76.3 Å². The van der Waals surface area contributed by atoms with E-state index in [1.54, 1.807) is 7.11 Å². The zero-order valence-electron chi connectivity index (χ0n) is 12.6. The lowest BCUT2D eigenvalue weighted by molar-refractivity contribution is 0.404. The van der Waals surface area contributed by atoms with Crippen LogP contribution >= 0.6 is 0 Å². The monoisotopic (exact) mass is 279 g/mol. The molecule has 1 aliphatic heterocycles. The molecule has 1 aromatic heterocycles. The Bertz CT molecular complexity index is 451. The molecule has 0 aromatic carbocycles. The highest BCUT2D eigenvalue weighted by Gasteiger charge is 2.26. The SMILES string of the molecule is CCCCc1nc(N)nc(N2CCC(NC)C2)c1OC. The van der Waals surface area contributed by atoms with Gasteiger partial charge in [-0.2, -0.15) is 4.98 Å². The highest BCUT2D eigenvalue weighted by molar-refractivity contribution is 5.58. The predicted molar refractivity (Wildman–Crippen MR) is 81.3 cm³/mol. The Morgan fingerprint density at radius 2 is 2.25 bits per heavy atom. The summed E-state index contributed by atoms with van der Waals surface area (Å²) in [6.07, 6.45) is 4.18. The van der Waals surface area contributed by atoms with Gasteiger partial charge in [0.05, 0.1) is 12.8 Å². The number of nitrogens with zero attached hydrogens (tertiary/aromatic N) is 3. The average Bonchev–Trinajstić information content (AvgIpc) is 2.93. The van der Waals surface area contributed by atoms with E-state index in [4.69, 9.17) is 10.5 Å². The quantitative estimate of drug-likeness (QED) is 0.815. The van der Waals surface area contributed by atoms with Gasteiger partial charge in [0.2, 0.25) is 5.95 Å². The zero-order chi connectivity index (χ0) is 14.5. The minimum absolute atomic E-state index is 0.333. The first-order valence-corrected chi connectivity index (χ1v) is 7.32. The van der Waals surface area contributed by atoms with E-state index in [0.29, 0.717) is 12.0 Å². The van der Waals surface area contributed by atoms with Crippen LogP contribution in [0.15, 0.2) is 0 Å². The molecule has 112 valence electrons. The van der Waals surface area contributed by atoms with Crippen molar-refractivity contribution in [1.82, 2.24) is 15.3 Å². The number of nitrogens with one attached hydrogen (secondary N) is 1. The molecule has 0 bridgehead atoms. The fourth-order valence-electron chi connectivity index (χ4n) is 2.63. The van der Waals surface area contributed by atoms with Crippen LogP contribution in [-0.4, -0.2) is 43.3 Å². The molecule has 1 fully saturated rings. The summed E-state index contributed by atoms with van der Waals surface area (Å²) in [6, 6.07) is 0.495. The maximum absolute atomic E-state index is 5.87. The molecule has 1 aliphatic rings. The number of unbranched alkanes of at least 4 members (excludes halogenated alkanes) is 1. The van der Waals surface area contributed by atoms with E-state index in [9.17, 15) is 0 Å². The molecular weight excluding hydrogens is 254 g/mol. The molecule has 1 saturated heterocycles. The Morgan fingerprint density at radius 1 is 1.45 bits per heavy atom. The molecule has 6 nitrogen and oxygen atoms in total. The second-order valence-electron chi connectivity index (χ2n) is 5.21. The number of aromatic nitrogens is 2. The van der Waals surface area contributed by atoms with Gasteiger partial charge in [0.25, 0.3) is 0 Å². The summed E-state index contributed by atoms with van der Waals surface area (Å²) in [6.45, 7) is 4.05. The number of nitrogen functional groups attached to an aromatic ring is 1. The van der Waals surface area contributed by atoms with Gasteiger partial charge in [-0.25, -0.2) is 4.98 Å². The standard InChI is InChI=1S/C14H25N5O/c1-4-5-6-11-12(20-3)13(18-14(15)17-11)19-8-7-10(9-19)16-2/h10,16H,4-9H2,1-3H3,(H2,15,17,18). The molecule has 1 aromatic rings. The molecule has 3 N–H and O–H groups in total. The molecule has 0 spiro atoms. The molecule has 6 heteroatoms. The molecule has 0 radical (unpaired) electrons. The summed E-state index contributed by atoms with van der Waals surface area (Å²) >= 11 is 0. The van der Waals surface area contributed by atoms with E-state index in [1.165, 1.54) is 0 Å². The summed E-state index contributed by atoms with van der Waals surface area (Å²) in [5.41, 5.74) is 6.79. The first kappa shape index (κ1) is 14.8. The van der Waals surface area contributed by atoms with Crippen LogP contribution in [0.3, 0.4) is 0 Å². The van der Waals surface area contributed by atoms with Gasteiger partial charge < -0.3 is 20.7 Å². The Labute approximate surface area is 120 Å². The van der Waals surface area contributed by atoms with Crippen molar-refractivity contribution >= 4 is 11.8 Å². The van der Waals surface area contributed by atoms with Crippen LogP contribution in [0.4, 0.5) is 11.8 Å². The number of anilines is 2. The van der Waals surface area contributed by atoms with Gasteiger partial charge in [0.15, 0.2) is 11.6 Å². The van der Waals surface area contributed by atoms with Crippen molar-refractivity contribution in [1.29, 1.82) is 0 Å². The Balaban J connectivity index is 2.29. The number of aryl methyl sites for hydroxylation is 1. The first-order valence-electron chi connectivity index (χ1n) is 7.32. The third kappa shape index (κ3) is 3.12. The van der Waals surface area contributed by atoms with E-state index in [1.807, 2.05) is 7.05 Å². The number of nitrogens with two attached hydrogens (primary N) is 1. The highest BCUT2D eigenvalue weighted by atomic mass is 16.5. The summed E-state index contributed by atoms with van der Waals surface area (Å²) in [5.74, 6) is 1.95. The van der Waals surface area contributed by atoms with E-state index >= 15 is 0 Å². The normalized spacial score (nSPS) is 18.6. The Morgan fingerprint density at radius 3 is 2.85 bits per heavy atom. The molecule has 0 aliphatic carbocycles. The van der Waals surface area contributed by atoms with Crippen molar-refractivity contribution in [2.75, 3.05) is 37.9 Å². The highest BCUT2D eigenvalue weighted by Crippen LogP contribution is 2.32. The Hall–Kier alpha value is -1.56. The van der Waals surface area contributed by atoms with Gasteiger partial charge in [0, 0.05) is 19.1 Å². The third-order valence-electron chi connectivity index (χ3n) is 3.80. The summed E-state index contributed by atoms with van der Waals surface area (Å²) < 4.78 is 5.57. The molecule has 1 atom stereocenters. The van der Waals surface area contributed by atoms with E-state index in [2.05, 4.69) is 27.1 Å². The van der Waals surface area contributed by atoms with Crippen LogP contribution in [0.2, 0.25) is 0 Å². The van der Waals surface area contributed by atoms with Crippen molar-refractivity contribution in [2.24, 2.45) is 0 Å². The van der Waals surface area contributed by atoms with E-state index in [-0.39, 0.29) is 0 Å². The molecule has 0 amide bonds. The zero-order valence-corrected chi connectivity index (χ0v) is 12.6. The lowest BCUT2D eigenvalue weighted by atomic mass is 10.2. The lowest BCUT2D eigenvalue weighted by Crippen LogP contribution is -2.30. The van der Waals surface area contributed by atoms with E-state index in [0.717, 1.165) is 56.0 Å². The second-order valence-corrected chi connectivity index (χ2v) is 5.21. The van der Waals surface area contributed by atoms with E-state index < -0.39 is 0 Å². The summed E-state index contributed by atoms with van der Waals surface area (Å²) in [7, 11) is 3.67. The number of hydrogen-bond acceptors (Lipinski definition) is 6. The van der Waals surface area contributed by atoms with Gasteiger partial charge in [-0.15, -0.1) is 0 Å². The largest absolute Gasteiger partial charge is 0.491 e. The summed E-state index contributed by atoms with van der Waals surface area (Å²) in [5, 5.41) is 3.31. The van der Waals surface area contributed by atoms with Crippen LogP contribution in [-0.2, 0) is 6.42 Å². The fraction of sp³-hybridized carbons (Fsp3) is 0.714. The predicted octanol–water partition coefficient (Wildman–Crippen LogP) is 1.21. The smallest absolute Gasteiger partial charge is 0.222 e. The number of hydrogen-bond donors (Lipinski definition) is 2. The van der Waals surface area contributed by atoms with Crippen molar-refractivity contribution < 1.29 is 4.74 Å². The number of ether oxygens (including phenoxy) is 1. The maximum Gasteiger partial charge on any atom is 0.222 e. The fourth-order valence-corrected chi connectivity index (χ4v) is 2.63. The molecule has 1 unspecified atom stereocenters. The van der Waals surface area contributed by atoms with Gasteiger partial charge in [-0.3, -0.25) is 0 Å². The third-order valence-corrected chi connectivity index (χ3v) is 3.80. The number of likely N-dealkylation sites (N-methyl/N-ethyl adjacent to an activating group) is 1. The van der Waals surface area contributed by atoms with Crippen LogP contribution < -0.4 is 20.7 Å². The van der Waals surface area contributed by atoms with Gasteiger partial charge in [0.1, 0.15) is 0 Å². The van der Waals surface area contributed by atoms with Crippen molar-refractivity contribution in [3.8, 4) is 5.75 Å². The van der Waals surface area contributed by atoms with Gasteiger partial charge in [-0.1, -0.05) is 13.3 Å². The van der Waals surface area contributed by atoms with Gasteiger partial charge in [-0.05, 0) is 26.3 Å². The molecule has 2 heterocycles. The van der Waals surface area contributed by atoms with Crippen LogP contribution in [0.1, 0.15) is 31.9 Å². The average molecular weight is 279 g/mol.